The lowest BCUT2D eigenvalue weighted by Crippen LogP contribution is -2.43. The second kappa shape index (κ2) is 8.10. The number of fused-ring (bicyclic) bond motifs is 2. The first-order valence-corrected chi connectivity index (χ1v) is 10.0. The van der Waals surface area contributed by atoms with Crippen LogP contribution in [0.1, 0.15) is 31.7 Å². The zero-order chi connectivity index (χ0) is 21.3. The molecule has 1 N–H and O–H groups in total. The van der Waals surface area contributed by atoms with Crippen molar-refractivity contribution in [1.29, 1.82) is 0 Å². The summed E-state index contributed by atoms with van der Waals surface area (Å²) in [5.41, 5.74) is 2.32. The molecule has 7 heteroatoms. The van der Waals surface area contributed by atoms with Crippen LogP contribution < -0.4 is 10.5 Å². The fraction of sp³-hybridized carbons (Fsp3) is 0.304. The average Bonchev–Trinajstić information content (AvgIpc) is 3.07. The molecule has 0 aliphatic carbocycles. The number of hydrogen-bond acceptors (Lipinski definition) is 5. The standard InChI is InChI=1S/C23H23N3O4/c1-14-13-16-7-3-6-10-19(16)26(14)23(29)15(2)30-21(27)12-11-20-24-18-9-5-4-8-17(18)22(28)25-20/h3-10,14-15H,11-13H2,1-2H3,(H,24,25,28)/t14-,15-/m0/s1. The van der Waals surface area contributed by atoms with Crippen LogP contribution >= 0.6 is 0 Å². The van der Waals surface area contributed by atoms with Gasteiger partial charge < -0.3 is 14.6 Å². The Morgan fingerprint density at radius 2 is 1.93 bits per heavy atom. The number of hydrogen-bond donors (Lipinski definition) is 1. The first kappa shape index (κ1) is 19.8. The third-order valence-corrected chi connectivity index (χ3v) is 5.33. The molecule has 1 amide bonds. The molecular formula is C23H23N3O4. The van der Waals surface area contributed by atoms with Gasteiger partial charge in [-0.2, -0.15) is 0 Å². The lowest BCUT2D eigenvalue weighted by atomic mass is 10.1. The number of benzene rings is 2. The van der Waals surface area contributed by atoms with E-state index in [1.54, 1.807) is 36.1 Å². The van der Waals surface area contributed by atoms with Gasteiger partial charge in [0.15, 0.2) is 6.10 Å². The molecule has 154 valence electrons. The monoisotopic (exact) mass is 405 g/mol. The van der Waals surface area contributed by atoms with Gasteiger partial charge >= 0.3 is 5.97 Å². The van der Waals surface area contributed by atoms with E-state index in [1.807, 2.05) is 31.2 Å². The van der Waals surface area contributed by atoms with Crippen LogP contribution in [0.15, 0.2) is 53.3 Å². The maximum atomic E-state index is 12.9. The van der Waals surface area contributed by atoms with Crippen LogP contribution in [0.25, 0.3) is 10.9 Å². The molecule has 0 saturated carbocycles. The van der Waals surface area contributed by atoms with Gasteiger partial charge in [0, 0.05) is 18.2 Å². The van der Waals surface area contributed by atoms with Gasteiger partial charge in [-0.25, -0.2) is 4.98 Å². The first-order valence-electron chi connectivity index (χ1n) is 10.0. The summed E-state index contributed by atoms with van der Waals surface area (Å²) in [6.07, 6.45) is 0.131. The molecule has 3 aromatic rings. The molecule has 1 aromatic heterocycles. The summed E-state index contributed by atoms with van der Waals surface area (Å²) < 4.78 is 5.38. The van der Waals surface area contributed by atoms with Crippen LogP contribution in [0.5, 0.6) is 0 Å². The summed E-state index contributed by atoms with van der Waals surface area (Å²) in [7, 11) is 0. The molecule has 2 aromatic carbocycles. The molecule has 2 atom stereocenters. The number of nitrogens with one attached hydrogen (secondary N) is 1. The molecular weight excluding hydrogens is 382 g/mol. The van der Waals surface area contributed by atoms with Gasteiger partial charge in [-0.05, 0) is 44.0 Å². The van der Waals surface area contributed by atoms with Crippen molar-refractivity contribution in [3.8, 4) is 0 Å². The summed E-state index contributed by atoms with van der Waals surface area (Å²) in [5, 5.41) is 0.503. The number of aromatic nitrogens is 2. The maximum Gasteiger partial charge on any atom is 0.307 e. The number of nitrogens with zero attached hydrogens (tertiary/aromatic N) is 2. The average molecular weight is 405 g/mol. The highest BCUT2D eigenvalue weighted by Gasteiger charge is 2.34. The van der Waals surface area contributed by atoms with Gasteiger partial charge in [-0.3, -0.25) is 14.4 Å². The first-order chi connectivity index (χ1) is 14.4. The Morgan fingerprint density at radius 3 is 2.77 bits per heavy atom. The van der Waals surface area contributed by atoms with E-state index in [4.69, 9.17) is 4.74 Å². The third kappa shape index (κ3) is 3.83. The van der Waals surface area contributed by atoms with Gasteiger partial charge in [0.2, 0.25) is 0 Å². The zero-order valence-corrected chi connectivity index (χ0v) is 16.9. The summed E-state index contributed by atoms with van der Waals surface area (Å²) in [5.74, 6) is -0.332. The van der Waals surface area contributed by atoms with Crippen LogP contribution in [-0.4, -0.2) is 34.0 Å². The molecule has 0 saturated heterocycles. The molecule has 4 rings (SSSR count). The molecule has 0 fully saturated rings. The lowest BCUT2D eigenvalue weighted by molar-refractivity contribution is -0.154. The van der Waals surface area contributed by atoms with Gasteiger partial charge in [-0.15, -0.1) is 0 Å². The van der Waals surface area contributed by atoms with E-state index in [-0.39, 0.29) is 30.3 Å². The van der Waals surface area contributed by atoms with Gasteiger partial charge in [-0.1, -0.05) is 30.3 Å². The van der Waals surface area contributed by atoms with E-state index in [0.29, 0.717) is 16.7 Å². The topological polar surface area (TPSA) is 92.4 Å². The highest BCUT2D eigenvalue weighted by molar-refractivity contribution is 5.99. The Kier molecular flexibility index (Phi) is 5.35. The number of para-hydroxylation sites is 2. The van der Waals surface area contributed by atoms with Crippen LogP contribution in [0, 0.1) is 0 Å². The number of anilines is 1. The molecule has 7 nitrogen and oxygen atoms in total. The normalized spacial score (nSPS) is 16.3. The van der Waals surface area contributed by atoms with Crippen molar-refractivity contribution in [2.75, 3.05) is 4.90 Å². The minimum atomic E-state index is -0.894. The number of esters is 1. The quantitative estimate of drug-likeness (QED) is 0.659. The number of amides is 1. The fourth-order valence-corrected chi connectivity index (χ4v) is 3.88. The fourth-order valence-electron chi connectivity index (χ4n) is 3.88. The van der Waals surface area contributed by atoms with Crippen LogP contribution in [0.2, 0.25) is 0 Å². The Balaban J connectivity index is 1.38. The van der Waals surface area contributed by atoms with E-state index in [9.17, 15) is 14.4 Å². The Hall–Kier alpha value is -3.48. The molecule has 0 spiro atoms. The van der Waals surface area contributed by atoms with Crippen molar-refractivity contribution < 1.29 is 14.3 Å². The number of aromatic amines is 1. The number of carbonyl (C=O) groups excluding carboxylic acids is 2. The summed E-state index contributed by atoms with van der Waals surface area (Å²) in [6, 6.07) is 14.8. The highest BCUT2D eigenvalue weighted by atomic mass is 16.5. The minimum absolute atomic E-state index is 0.0166. The van der Waals surface area contributed by atoms with E-state index >= 15 is 0 Å². The van der Waals surface area contributed by atoms with E-state index in [2.05, 4.69) is 9.97 Å². The number of H-pyrrole nitrogens is 1. The van der Waals surface area contributed by atoms with Gasteiger partial charge in [0.25, 0.3) is 11.5 Å². The van der Waals surface area contributed by atoms with Crippen molar-refractivity contribution >= 4 is 28.5 Å². The predicted molar refractivity (Wildman–Crippen MR) is 113 cm³/mol. The van der Waals surface area contributed by atoms with Crippen molar-refractivity contribution in [2.45, 2.75) is 45.3 Å². The third-order valence-electron chi connectivity index (χ3n) is 5.33. The molecule has 0 unspecified atom stereocenters. The van der Waals surface area contributed by atoms with E-state index in [0.717, 1.165) is 17.7 Å². The summed E-state index contributed by atoms with van der Waals surface area (Å²) in [4.78, 5) is 46.1. The second-order valence-electron chi connectivity index (χ2n) is 7.55. The van der Waals surface area contributed by atoms with E-state index < -0.39 is 12.1 Å². The molecule has 2 heterocycles. The summed E-state index contributed by atoms with van der Waals surface area (Å²) in [6.45, 7) is 3.57. The second-order valence-corrected chi connectivity index (χ2v) is 7.55. The van der Waals surface area contributed by atoms with Crippen molar-refractivity contribution in [3.05, 3.63) is 70.3 Å². The van der Waals surface area contributed by atoms with Gasteiger partial charge in [0.1, 0.15) is 5.82 Å². The number of aryl methyl sites for hydroxylation is 1. The van der Waals surface area contributed by atoms with Crippen LogP contribution in [0.3, 0.4) is 0 Å². The Bertz CT molecular complexity index is 1170. The Morgan fingerprint density at radius 1 is 1.20 bits per heavy atom. The molecule has 30 heavy (non-hydrogen) atoms. The van der Waals surface area contributed by atoms with Crippen molar-refractivity contribution in [2.24, 2.45) is 0 Å². The smallest absolute Gasteiger partial charge is 0.307 e. The number of rotatable bonds is 5. The largest absolute Gasteiger partial charge is 0.453 e. The van der Waals surface area contributed by atoms with E-state index in [1.165, 1.54) is 0 Å². The number of ether oxygens (including phenoxy) is 1. The molecule has 0 radical (unpaired) electrons. The van der Waals surface area contributed by atoms with Crippen molar-refractivity contribution in [3.63, 3.8) is 0 Å². The molecule has 1 aliphatic rings. The SMILES string of the molecule is C[C@H](OC(=O)CCc1nc2ccccc2c(=O)[nH]1)C(=O)N1c2ccccc2C[C@@H]1C. The van der Waals surface area contributed by atoms with Crippen LogP contribution in [-0.2, 0) is 27.2 Å². The minimum Gasteiger partial charge on any atom is -0.453 e. The maximum absolute atomic E-state index is 12.9. The van der Waals surface area contributed by atoms with Crippen LogP contribution in [0.4, 0.5) is 5.69 Å². The van der Waals surface area contributed by atoms with Gasteiger partial charge in [0.05, 0.1) is 17.3 Å². The molecule has 1 aliphatic heterocycles. The molecule has 0 bridgehead atoms. The zero-order valence-electron chi connectivity index (χ0n) is 16.9. The Labute approximate surface area is 173 Å². The van der Waals surface area contributed by atoms with Crippen molar-refractivity contribution in [1.82, 2.24) is 9.97 Å². The summed E-state index contributed by atoms with van der Waals surface area (Å²) >= 11 is 0. The predicted octanol–water partition coefficient (Wildman–Crippen LogP) is 2.77. The number of carbonyl (C=O) groups is 2. The lowest BCUT2D eigenvalue weighted by Gasteiger charge is -2.25. The highest BCUT2D eigenvalue weighted by Crippen LogP contribution is 2.32.